The Morgan fingerprint density at radius 2 is 2.14 bits per heavy atom. The highest BCUT2D eigenvalue weighted by Crippen LogP contribution is 2.33. The number of fused-ring (bicyclic) bond motifs is 1. The van der Waals surface area contributed by atoms with E-state index >= 15 is 0 Å². The van der Waals surface area contributed by atoms with Crippen molar-refractivity contribution in [2.24, 2.45) is 0 Å². The van der Waals surface area contributed by atoms with Gasteiger partial charge in [-0.05, 0) is 18.9 Å². The maximum absolute atomic E-state index is 12.8. The zero-order valence-electron chi connectivity index (χ0n) is 15.5. The van der Waals surface area contributed by atoms with E-state index in [-0.39, 0.29) is 29.7 Å². The first-order valence-corrected chi connectivity index (χ1v) is 9.27. The number of hydrogen-bond acceptors (Lipinski definition) is 6. The average molecular weight is 383 g/mol. The minimum atomic E-state index is -0.447. The third-order valence-electron chi connectivity index (χ3n) is 5.25. The summed E-state index contributed by atoms with van der Waals surface area (Å²) in [6.07, 6.45) is 6.66. The normalized spacial score (nSPS) is 16.3. The van der Waals surface area contributed by atoms with E-state index in [1.54, 1.807) is 6.07 Å². The lowest BCUT2D eigenvalue weighted by Crippen LogP contribution is -2.33. The molecule has 2 aromatic heterocycles. The number of hydrogen-bond donors (Lipinski definition) is 2. The Hall–Kier alpha value is -3.23. The summed E-state index contributed by atoms with van der Waals surface area (Å²) in [7, 11) is 1.51. The van der Waals surface area contributed by atoms with Crippen LogP contribution in [0.25, 0.3) is 0 Å². The van der Waals surface area contributed by atoms with E-state index in [4.69, 9.17) is 4.74 Å². The van der Waals surface area contributed by atoms with Crippen LogP contribution >= 0.6 is 0 Å². The monoisotopic (exact) mass is 383 g/mol. The van der Waals surface area contributed by atoms with Gasteiger partial charge in [0.25, 0.3) is 17.4 Å². The fraction of sp³-hybridized carbons (Fsp3) is 0.421. The zero-order chi connectivity index (χ0) is 19.7. The Balaban J connectivity index is 1.52. The molecule has 0 bridgehead atoms. The molecule has 2 amide bonds. The molecular weight excluding hydrogens is 362 g/mol. The molecule has 28 heavy (non-hydrogen) atoms. The van der Waals surface area contributed by atoms with E-state index in [0.29, 0.717) is 29.2 Å². The summed E-state index contributed by atoms with van der Waals surface area (Å²) >= 11 is 0. The van der Waals surface area contributed by atoms with Gasteiger partial charge in [-0.15, -0.1) is 0 Å². The number of H-pyrrole nitrogens is 1. The lowest BCUT2D eigenvalue weighted by molar-refractivity contribution is 0.0706. The molecule has 3 heterocycles. The Morgan fingerprint density at radius 3 is 2.82 bits per heavy atom. The van der Waals surface area contributed by atoms with Crippen LogP contribution in [0.15, 0.2) is 23.3 Å². The van der Waals surface area contributed by atoms with Gasteiger partial charge in [-0.1, -0.05) is 12.8 Å². The first kappa shape index (κ1) is 18.1. The van der Waals surface area contributed by atoms with Crippen LogP contribution in [0.4, 0.5) is 0 Å². The number of nitrogens with zero attached hydrogens (tertiary/aromatic N) is 3. The molecule has 0 saturated heterocycles. The summed E-state index contributed by atoms with van der Waals surface area (Å²) in [5.41, 5.74) is 1.61. The van der Waals surface area contributed by atoms with Crippen molar-refractivity contribution < 1.29 is 14.3 Å². The minimum absolute atomic E-state index is 0.00747. The van der Waals surface area contributed by atoms with Gasteiger partial charge in [-0.25, -0.2) is 9.97 Å². The van der Waals surface area contributed by atoms with Crippen molar-refractivity contribution in [2.75, 3.05) is 7.11 Å². The number of methoxy groups -OCH3 is 1. The molecule has 0 aromatic carbocycles. The SMILES string of the molecule is COc1nc2c(cc1CNC(=O)c1c[nH]c(=O)cn1)C(=O)N(C1CCCC1)C2. The van der Waals surface area contributed by atoms with Crippen molar-refractivity contribution in [1.29, 1.82) is 0 Å². The number of pyridine rings is 1. The van der Waals surface area contributed by atoms with Crippen LogP contribution in [0.2, 0.25) is 0 Å². The molecule has 0 unspecified atom stereocenters. The van der Waals surface area contributed by atoms with Gasteiger partial charge in [0.1, 0.15) is 5.69 Å². The average Bonchev–Trinajstić information content (AvgIpc) is 3.34. The van der Waals surface area contributed by atoms with Gasteiger partial charge in [-0.2, -0.15) is 0 Å². The minimum Gasteiger partial charge on any atom is -0.481 e. The Labute approximate surface area is 161 Å². The van der Waals surface area contributed by atoms with Gasteiger partial charge < -0.3 is 19.9 Å². The second-order valence-corrected chi connectivity index (χ2v) is 7.00. The van der Waals surface area contributed by atoms with Crippen molar-refractivity contribution in [1.82, 2.24) is 25.2 Å². The molecule has 1 fully saturated rings. The molecule has 1 aliphatic heterocycles. The lowest BCUT2D eigenvalue weighted by Gasteiger charge is -2.22. The van der Waals surface area contributed by atoms with E-state index in [2.05, 4.69) is 20.3 Å². The Bertz CT molecular complexity index is 960. The highest BCUT2D eigenvalue weighted by Gasteiger charge is 2.35. The molecule has 0 spiro atoms. The van der Waals surface area contributed by atoms with E-state index in [1.807, 2.05) is 4.90 Å². The predicted octanol–water partition coefficient (Wildman–Crippen LogP) is 1.00. The standard InChI is InChI=1S/C19H21N5O4/c1-28-18-11(7-22-17(26)14-8-21-16(25)9-20-14)6-13-15(23-18)10-24(19(13)27)12-4-2-3-5-12/h6,8-9,12H,2-5,7,10H2,1H3,(H,21,25)(H,22,26). The fourth-order valence-corrected chi connectivity index (χ4v) is 3.81. The number of carbonyl (C=O) groups excluding carboxylic acids is 2. The van der Waals surface area contributed by atoms with E-state index < -0.39 is 5.91 Å². The summed E-state index contributed by atoms with van der Waals surface area (Å²) in [4.78, 5) is 48.7. The summed E-state index contributed by atoms with van der Waals surface area (Å²) in [6.45, 7) is 0.628. The zero-order valence-corrected chi connectivity index (χ0v) is 15.5. The number of ether oxygens (including phenoxy) is 1. The molecule has 9 heteroatoms. The number of amides is 2. The first-order chi connectivity index (χ1) is 13.6. The molecule has 1 aliphatic carbocycles. The van der Waals surface area contributed by atoms with Gasteiger partial charge in [0.15, 0.2) is 0 Å². The molecule has 146 valence electrons. The molecule has 4 rings (SSSR count). The Kier molecular flexibility index (Phi) is 4.81. The van der Waals surface area contributed by atoms with Gasteiger partial charge in [0.2, 0.25) is 5.88 Å². The van der Waals surface area contributed by atoms with Crippen molar-refractivity contribution in [3.05, 3.63) is 51.3 Å². The summed E-state index contributed by atoms with van der Waals surface area (Å²) in [5.74, 6) is -0.0702. The van der Waals surface area contributed by atoms with Crippen LogP contribution in [0.5, 0.6) is 5.88 Å². The topological polar surface area (TPSA) is 117 Å². The van der Waals surface area contributed by atoms with E-state index in [0.717, 1.165) is 31.9 Å². The smallest absolute Gasteiger partial charge is 0.271 e. The van der Waals surface area contributed by atoms with Crippen LogP contribution in [0.3, 0.4) is 0 Å². The highest BCUT2D eigenvalue weighted by atomic mass is 16.5. The fourth-order valence-electron chi connectivity index (χ4n) is 3.81. The first-order valence-electron chi connectivity index (χ1n) is 9.27. The predicted molar refractivity (Wildman–Crippen MR) is 98.9 cm³/mol. The molecule has 9 nitrogen and oxygen atoms in total. The summed E-state index contributed by atoms with van der Waals surface area (Å²) < 4.78 is 5.36. The molecule has 2 aromatic rings. The molecule has 2 aliphatic rings. The van der Waals surface area contributed by atoms with Crippen molar-refractivity contribution in [2.45, 2.75) is 44.8 Å². The van der Waals surface area contributed by atoms with Crippen molar-refractivity contribution >= 4 is 11.8 Å². The largest absolute Gasteiger partial charge is 0.481 e. The van der Waals surface area contributed by atoms with Gasteiger partial charge in [-0.3, -0.25) is 14.4 Å². The Morgan fingerprint density at radius 1 is 1.36 bits per heavy atom. The summed E-state index contributed by atoms with van der Waals surface area (Å²) in [6, 6.07) is 2.03. The van der Waals surface area contributed by atoms with Crippen LogP contribution in [0, 0.1) is 0 Å². The van der Waals surface area contributed by atoms with E-state index in [1.165, 1.54) is 13.3 Å². The van der Waals surface area contributed by atoms with Gasteiger partial charge in [0, 0.05) is 24.3 Å². The molecular formula is C19H21N5O4. The van der Waals surface area contributed by atoms with Gasteiger partial charge >= 0.3 is 0 Å². The highest BCUT2D eigenvalue weighted by molar-refractivity contribution is 5.98. The van der Waals surface area contributed by atoms with Crippen LogP contribution in [-0.2, 0) is 13.1 Å². The van der Waals surface area contributed by atoms with Crippen LogP contribution in [-0.4, -0.2) is 44.8 Å². The molecule has 1 saturated carbocycles. The lowest BCUT2D eigenvalue weighted by atomic mass is 10.1. The molecule has 0 atom stereocenters. The van der Waals surface area contributed by atoms with Gasteiger partial charge in [0.05, 0.1) is 31.1 Å². The number of rotatable bonds is 5. The number of nitrogens with one attached hydrogen (secondary N) is 2. The number of aromatic nitrogens is 3. The second-order valence-electron chi connectivity index (χ2n) is 7.00. The van der Waals surface area contributed by atoms with Crippen LogP contribution in [0.1, 0.15) is 57.8 Å². The maximum Gasteiger partial charge on any atom is 0.271 e. The number of aromatic amines is 1. The van der Waals surface area contributed by atoms with Crippen molar-refractivity contribution in [3.63, 3.8) is 0 Å². The third kappa shape index (κ3) is 3.35. The maximum atomic E-state index is 12.8. The molecule has 2 N–H and O–H groups in total. The van der Waals surface area contributed by atoms with Crippen LogP contribution < -0.4 is 15.6 Å². The summed E-state index contributed by atoms with van der Waals surface area (Å²) in [5, 5.41) is 2.71. The quantitative estimate of drug-likeness (QED) is 0.795. The number of carbonyl (C=O) groups is 2. The molecule has 0 radical (unpaired) electrons. The van der Waals surface area contributed by atoms with Crippen molar-refractivity contribution in [3.8, 4) is 5.88 Å². The van der Waals surface area contributed by atoms with E-state index in [9.17, 15) is 14.4 Å². The second kappa shape index (κ2) is 7.41. The third-order valence-corrected chi connectivity index (χ3v) is 5.25.